The van der Waals surface area contributed by atoms with E-state index in [1.54, 1.807) is 11.3 Å². The summed E-state index contributed by atoms with van der Waals surface area (Å²) in [6, 6.07) is 2.10. The van der Waals surface area contributed by atoms with Crippen LogP contribution in [0.2, 0.25) is 0 Å². The summed E-state index contributed by atoms with van der Waals surface area (Å²) in [7, 11) is 0. The first-order valence-electron chi connectivity index (χ1n) is 5.83. The third-order valence-electron chi connectivity index (χ3n) is 4.52. The molecule has 2 aliphatic rings. The van der Waals surface area contributed by atoms with Crippen LogP contribution in [0, 0.1) is 5.41 Å². The van der Waals surface area contributed by atoms with E-state index in [-0.39, 0.29) is 5.54 Å². The molecule has 0 bridgehead atoms. The van der Waals surface area contributed by atoms with Gasteiger partial charge >= 0.3 is 0 Å². The van der Waals surface area contributed by atoms with Crippen LogP contribution in [0.15, 0.2) is 16.4 Å². The molecule has 3 heteroatoms. The fraction of sp³-hybridized carbons (Fsp3) is 0.538. The smallest absolute Gasteiger partial charge is 0.206 e. The van der Waals surface area contributed by atoms with Crippen molar-refractivity contribution in [2.75, 3.05) is 6.54 Å². The molecule has 16 heavy (non-hydrogen) atoms. The maximum Gasteiger partial charge on any atom is 0.206 e. The van der Waals surface area contributed by atoms with Gasteiger partial charge in [0.05, 0.1) is 17.3 Å². The fourth-order valence-corrected chi connectivity index (χ4v) is 3.46. The van der Waals surface area contributed by atoms with Crippen molar-refractivity contribution in [1.82, 2.24) is 0 Å². The first kappa shape index (κ1) is 10.2. The number of fused-ring (bicyclic) bond motifs is 2. The number of aliphatic imine (C=N–C) groups is 1. The normalized spacial score (nSPS) is 35.8. The minimum atomic E-state index is 0.0977. The minimum absolute atomic E-state index is 0.0977. The van der Waals surface area contributed by atoms with Crippen LogP contribution in [0.25, 0.3) is 0 Å². The average molecular weight is 233 g/mol. The lowest BCUT2D eigenvalue weighted by Crippen LogP contribution is -2.68. The van der Waals surface area contributed by atoms with Gasteiger partial charge in [0.2, 0.25) is 5.54 Å². The number of thiophene rings is 1. The van der Waals surface area contributed by atoms with Gasteiger partial charge in [0.1, 0.15) is 4.88 Å². The molecule has 2 nitrogen and oxygen atoms in total. The second kappa shape index (κ2) is 3.04. The average Bonchev–Trinajstić information content (AvgIpc) is 2.68. The second-order valence-corrected chi connectivity index (χ2v) is 6.19. The Morgan fingerprint density at radius 1 is 1.50 bits per heavy atom. The van der Waals surface area contributed by atoms with E-state index < -0.39 is 0 Å². The number of hydrogen-bond acceptors (Lipinski definition) is 2. The molecule has 0 radical (unpaired) electrons. The Kier molecular flexibility index (Phi) is 1.94. The summed E-state index contributed by atoms with van der Waals surface area (Å²) in [5.41, 5.74) is 1.58. The molecule has 2 atom stereocenters. The predicted molar refractivity (Wildman–Crippen MR) is 69.6 cm³/mol. The van der Waals surface area contributed by atoms with Crippen molar-refractivity contribution in [2.24, 2.45) is 10.4 Å². The van der Waals surface area contributed by atoms with Gasteiger partial charge in [-0.05, 0) is 24.8 Å². The van der Waals surface area contributed by atoms with Gasteiger partial charge in [-0.3, -0.25) is 4.99 Å². The minimum Gasteiger partial charge on any atom is -0.252 e. The van der Waals surface area contributed by atoms with E-state index in [0.29, 0.717) is 5.41 Å². The van der Waals surface area contributed by atoms with Crippen LogP contribution in [-0.4, -0.2) is 29.1 Å². The fourth-order valence-electron chi connectivity index (χ4n) is 2.69. The van der Waals surface area contributed by atoms with Crippen molar-refractivity contribution in [1.29, 1.82) is 0 Å². The first-order chi connectivity index (χ1) is 7.59. The van der Waals surface area contributed by atoms with Crippen molar-refractivity contribution in [2.45, 2.75) is 32.7 Å². The molecule has 3 heterocycles. The van der Waals surface area contributed by atoms with Gasteiger partial charge in [-0.25, -0.2) is 4.58 Å². The predicted octanol–water partition coefficient (Wildman–Crippen LogP) is 3.08. The van der Waals surface area contributed by atoms with Crippen LogP contribution in [0.4, 0.5) is 5.69 Å². The lowest BCUT2D eigenvalue weighted by atomic mass is 9.63. The van der Waals surface area contributed by atoms with Crippen molar-refractivity contribution < 1.29 is 4.58 Å². The van der Waals surface area contributed by atoms with Crippen LogP contribution < -0.4 is 0 Å². The van der Waals surface area contributed by atoms with E-state index >= 15 is 0 Å². The van der Waals surface area contributed by atoms with Gasteiger partial charge in [0, 0.05) is 6.92 Å². The zero-order chi connectivity index (χ0) is 11.4. The Labute approximate surface area is 100 Å². The molecule has 84 valence electrons. The molecule has 3 rings (SSSR count). The third-order valence-corrected chi connectivity index (χ3v) is 5.36. The molecular weight excluding hydrogens is 216 g/mol. The molecule has 0 amide bonds. The highest BCUT2D eigenvalue weighted by molar-refractivity contribution is 7.12. The molecule has 0 N–H and O–H groups in total. The second-order valence-electron chi connectivity index (χ2n) is 5.25. The summed E-state index contributed by atoms with van der Waals surface area (Å²) in [5.74, 6) is 0. The van der Waals surface area contributed by atoms with Gasteiger partial charge in [-0.2, -0.15) is 0 Å². The zero-order valence-electron chi connectivity index (χ0n) is 10.0. The highest BCUT2D eigenvalue weighted by Gasteiger charge is 2.63. The SMILES string of the molecule is CCC1(C)C[N+]2=Cc3sccc3N=CC21C. The molecule has 1 saturated heterocycles. The highest BCUT2D eigenvalue weighted by Crippen LogP contribution is 2.47. The summed E-state index contributed by atoms with van der Waals surface area (Å²) in [6.45, 7) is 8.08. The Bertz CT molecular complexity index is 500. The molecule has 1 aromatic heterocycles. The van der Waals surface area contributed by atoms with E-state index in [1.165, 1.54) is 11.3 Å². The van der Waals surface area contributed by atoms with Crippen molar-refractivity contribution >= 4 is 29.5 Å². The van der Waals surface area contributed by atoms with Crippen LogP contribution >= 0.6 is 11.3 Å². The molecule has 1 aromatic rings. The Morgan fingerprint density at radius 3 is 3.06 bits per heavy atom. The molecule has 2 aliphatic heterocycles. The maximum absolute atomic E-state index is 4.66. The van der Waals surface area contributed by atoms with E-state index in [2.05, 4.69) is 54.2 Å². The largest absolute Gasteiger partial charge is 0.252 e. The summed E-state index contributed by atoms with van der Waals surface area (Å²) in [6.07, 6.45) is 5.63. The Hall–Kier alpha value is -0.960. The van der Waals surface area contributed by atoms with Crippen molar-refractivity contribution in [3.05, 3.63) is 16.3 Å². The maximum atomic E-state index is 4.66. The molecule has 0 saturated carbocycles. The number of hydrogen-bond donors (Lipinski definition) is 0. The first-order valence-corrected chi connectivity index (χ1v) is 6.71. The van der Waals surface area contributed by atoms with Crippen molar-refractivity contribution in [3.63, 3.8) is 0 Å². The molecular formula is C13H17N2S+. The van der Waals surface area contributed by atoms with Crippen LogP contribution in [0.3, 0.4) is 0 Å². The molecule has 0 aliphatic carbocycles. The molecule has 0 spiro atoms. The zero-order valence-corrected chi connectivity index (χ0v) is 10.8. The highest BCUT2D eigenvalue weighted by atomic mass is 32.1. The van der Waals surface area contributed by atoms with Gasteiger partial charge in [-0.1, -0.05) is 6.92 Å². The van der Waals surface area contributed by atoms with E-state index in [1.807, 2.05) is 0 Å². The summed E-state index contributed by atoms with van der Waals surface area (Å²) >= 11 is 1.77. The van der Waals surface area contributed by atoms with Crippen molar-refractivity contribution in [3.8, 4) is 0 Å². The standard InChI is InChI=1S/C13H17N2S/c1-4-12(2)9-15-7-11-10(5-6-16-11)14-8-13(12,15)3/h5-8H,4,9H2,1-3H3/q+1. The summed E-state index contributed by atoms with van der Waals surface area (Å²) in [5, 5.41) is 2.11. The molecule has 2 unspecified atom stereocenters. The Balaban J connectivity index is 2.11. The number of nitrogens with zero attached hydrogens (tertiary/aromatic N) is 2. The van der Waals surface area contributed by atoms with E-state index in [0.717, 1.165) is 12.2 Å². The lowest BCUT2D eigenvalue weighted by Gasteiger charge is -2.48. The van der Waals surface area contributed by atoms with Gasteiger partial charge in [0.25, 0.3) is 0 Å². The topological polar surface area (TPSA) is 15.4 Å². The van der Waals surface area contributed by atoms with Crippen LogP contribution in [0.5, 0.6) is 0 Å². The molecule has 1 fully saturated rings. The lowest BCUT2D eigenvalue weighted by molar-refractivity contribution is -0.684. The monoisotopic (exact) mass is 233 g/mol. The van der Waals surface area contributed by atoms with E-state index in [4.69, 9.17) is 0 Å². The van der Waals surface area contributed by atoms with Gasteiger partial charge in [-0.15, -0.1) is 11.3 Å². The van der Waals surface area contributed by atoms with Gasteiger partial charge in [0.15, 0.2) is 12.8 Å². The Morgan fingerprint density at radius 2 is 2.31 bits per heavy atom. The third kappa shape index (κ3) is 1.07. The van der Waals surface area contributed by atoms with Crippen LogP contribution in [0.1, 0.15) is 32.1 Å². The van der Waals surface area contributed by atoms with Crippen LogP contribution in [-0.2, 0) is 0 Å². The summed E-state index contributed by atoms with van der Waals surface area (Å²) < 4.78 is 2.43. The van der Waals surface area contributed by atoms with E-state index in [9.17, 15) is 0 Å². The quantitative estimate of drug-likeness (QED) is 0.662. The number of rotatable bonds is 1. The molecule has 0 aromatic carbocycles. The van der Waals surface area contributed by atoms with Gasteiger partial charge < -0.3 is 0 Å². The summed E-state index contributed by atoms with van der Waals surface area (Å²) in [4.78, 5) is 5.95.